The molecule has 3 N–H and O–H groups in total. The number of carboxylic acid groups (broad SMARTS) is 1. The molecule has 0 aliphatic rings. The monoisotopic (exact) mass is 298 g/mol. The van der Waals surface area contributed by atoms with E-state index >= 15 is 0 Å². The number of benzene rings is 1. The lowest BCUT2D eigenvalue weighted by Crippen LogP contribution is -2.45. The Bertz CT molecular complexity index is 519. The van der Waals surface area contributed by atoms with Crippen molar-refractivity contribution in [3.8, 4) is 0 Å². The average molecular weight is 299 g/mol. The molecule has 20 heavy (non-hydrogen) atoms. The molecule has 6 nitrogen and oxygen atoms in total. The van der Waals surface area contributed by atoms with Crippen molar-refractivity contribution >= 4 is 29.4 Å². The zero-order valence-corrected chi connectivity index (χ0v) is 11.6. The SMILES string of the molecule is CCC(NC(=O)CNC(=O)c1ccccc1Cl)C(=O)O. The van der Waals surface area contributed by atoms with Gasteiger partial charge in [-0.1, -0.05) is 30.7 Å². The standard InChI is InChI=1S/C13H15ClN2O4/c1-2-10(13(19)20)16-11(17)7-15-12(18)8-5-3-4-6-9(8)14/h3-6,10H,2,7H2,1H3,(H,15,18)(H,16,17)(H,19,20). The normalized spacial score (nSPS) is 11.5. The number of carboxylic acids is 1. The molecule has 0 radical (unpaired) electrons. The molecule has 0 saturated heterocycles. The highest BCUT2D eigenvalue weighted by Crippen LogP contribution is 2.14. The van der Waals surface area contributed by atoms with Gasteiger partial charge < -0.3 is 15.7 Å². The Morgan fingerprint density at radius 3 is 2.50 bits per heavy atom. The second kappa shape index (κ2) is 7.49. The van der Waals surface area contributed by atoms with Crippen LogP contribution in [0.25, 0.3) is 0 Å². The minimum Gasteiger partial charge on any atom is -0.480 e. The molecule has 0 heterocycles. The number of halogens is 1. The molecule has 108 valence electrons. The molecule has 1 aromatic rings. The summed E-state index contributed by atoms with van der Waals surface area (Å²) >= 11 is 5.84. The highest BCUT2D eigenvalue weighted by Gasteiger charge is 2.18. The van der Waals surface area contributed by atoms with Crippen molar-refractivity contribution in [1.82, 2.24) is 10.6 Å². The van der Waals surface area contributed by atoms with E-state index in [4.69, 9.17) is 16.7 Å². The third kappa shape index (κ3) is 4.55. The van der Waals surface area contributed by atoms with Crippen LogP contribution in [0.2, 0.25) is 5.02 Å². The van der Waals surface area contributed by atoms with Gasteiger partial charge in [0.1, 0.15) is 6.04 Å². The summed E-state index contributed by atoms with van der Waals surface area (Å²) in [6.07, 6.45) is 0.263. The van der Waals surface area contributed by atoms with Crippen molar-refractivity contribution in [2.45, 2.75) is 19.4 Å². The summed E-state index contributed by atoms with van der Waals surface area (Å²) < 4.78 is 0. The lowest BCUT2D eigenvalue weighted by Gasteiger charge is -2.12. The van der Waals surface area contributed by atoms with Crippen molar-refractivity contribution in [3.05, 3.63) is 34.9 Å². The fourth-order valence-corrected chi connectivity index (χ4v) is 1.71. The minimum absolute atomic E-state index is 0.257. The van der Waals surface area contributed by atoms with Crippen LogP contribution in [0, 0.1) is 0 Å². The number of hydrogen-bond acceptors (Lipinski definition) is 3. The van der Waals surface area contributed by atoms with E-state index in [2.05, 4.69) is 10.6 Å². The second-order valence-electron chi connectivity index (χ2n) is 4.03. The zero-order valence-electron chi connectivity index (χ0n) is 10.9. The van der Waals surface area contributed by atoms with Crippen LogP contribution in [0.4, 0.5) is 0 Å². The molecule has 0 aromatic heterocycles. The third-order valence-electron chi connectivity index (χ3n) is 2.57. The van der Waals surface area contributed by atoms with Crippen molar-refractivity contribution in [2.75, 3.05) is 6.54 Å². The van der Waals surface area contributed by atoms with Crippen LogP contribution in [0.3, 0.4) is 0 Å². The van der Waals surface area contributed by atoms with E-state index in [1.54, 1.807) is 25.1 Å². The van der Waals surface area contributed by atoms with Crippen LogP contribution < -0.4 is 10.6 Å². The van der Waals surface area contributed by atoms with Gasteiger partial charge in [0.15, 0.2) is 0 Å². The van der Waals surface area contributed by atoms with Gasteiger partial charge in [0.25, 0.3) is 5.91 Å². The highest BCUT2D eigenvalue weighted by atomic mass is 35.5. The van der Waals surface area contributed by atoms with Gasteiger partial charge in [-0.2, -0.15) is 0 Å². The van der Waals surface area contributed by atoms with Gasteiger partial charge in [0.05, 0.1) is 17.1 Å². The molecular weight excluding hydrogens is 284 g/mol. The van der Waals surface area contributed by atoms with Crippen molar-refractivity contribution in [2.24, 2.45) is 0 Å². The summed E-state index contributed by atoms with van der Waals surface area (Å²) in [5.74, 6) is -2.17. The van der Waals surface area contributed by atoms with Crippen LogP contribution in [0.1, 0.15) is 23.7 Å². The fraction of sp³-hybridized carbons (Fsp3) is 0.308. The van der Waals surface area contributed by atoms with Gasteiger partial charge >= 0.3 is 5.97 Å². The smallest absolute Gasteiger partial charge is 0.326 e. The van der Waals surface area contributed by atoms with Crippen LogP contribution >= 0.6 is 11.6 Å². The highest BCUT2D eigenvalue weighted by molar-refractivity contribution is 6.33. The van der Waals surface area contributed by atoms with E-state index in [1.807, 2.05) is 0 Å². The summed E-state index contributed by atoms with van der Waals surface area (Å²) in [6.45, 7) is 1.33. The van der Waals surface area contributed by atoms with Crippen LogP contribution in [0.5, 0.6) is 0 Å². The number of carbonyl (C=O) groups is 3. The van der Waals surface area contributed by atoms with E-state index in [1.165, 1.54) is 6.07 Å². The van der Waals surface area contributed by atoms with E-state index in [-0.39, 0.29) is 23.6 Å². The summed E-state index contributed by atoms with van der Waals surface area (Å²) in [7, 11) is 0. The lowest BCUT2D eigenvalue weighted by atomic mass is 10.2. The topological polar surface area (TPSA) is 95.5 Å². The van der Waals surface area contributed by atoms with E-state index < -0.39 is 23.8 Å². The lowest BCUT2D eigenvalue weighted by molar-refractivity contribution is -0.141. The Morgan fingerprint density at radius 1 is 1.30 bits per heavy atom. The Kier molecular flexibility index (Phi) is 5.99. The summed E-state index contributed by atoms with van der Waals surface area (Å²) in [4.78, 5) is 34.0. The third-order valence-corrected chi connectivity index (χ3v) is 2.90. The number of carbonyl (C=O) groups excluding carboxylic acids is 2. The zero-order chi connectivity index (χ0) is 15.1. The predicted molar refractivity (Wildman–Crippen MR) is 73.6 cm³/mol. The molecule has 7 heteroatoms. The number of aliphatic carboxylic acids is 1. The first-order valence-electron chi connectivity index (χ1n) is 6.00. The van der Waals surface area contributed by atoms with E-state index in [0.717, 1.165) is 0 Å². The Balaban J connectivity index is 2.51. The quantitative estimate of drug-likeness (QED) is 0.731. The average Bonchev–Trinajstić information content (AvgIpc) is 2.42. The van der Waals surface area contributed by atoms with Gasteiger partial charge in [-0.3, -0.25) is 9.59 Å². The summed E-state index contributed by atoms with van der Waals surface area (Å²) in [5.41, 5.74) is 0.257. The first kappa shape index (κ1) is 16.0. The molecule has 1 atom stereocenters. The molecule has 0 spiro atoms. The first-order chi connectivity index (χ1) is 9.45. The van der Waals surface area contributed by atoms with E-state index in [9.17, 15) is 14.4 Å². The van der Waals surface area contributed by atoms with Gasteiger partial charge in [-0.15, -0.1) is 0 Å². The summed E-state index contributed by atoms with van der Waals surface area (Å²) in [5, 5.41) is 13.8. The minimum atomic E-state index is -1.11. The molecule has 1 unspecified atom stereocenters. The van der Waals surface area contributed by atoms with Crippen LogP contribution in [0.15, 0.2) is 24.3 Å². The number of nitrogens with one attached hydrogen (secondary N) is 2. The molecule has 0 bridgehead atoms. The van der Waals surface area contributed by atoms with Gasteiger partial charge in [0.2, 0.25) is 5.91 Å². The summed E-state index contributed by atoms with van der Waals surface area (Å²) in [6, 6.07) is 5.47. The molecule has 0 fully saturated rings. The molecule has 0 aliphatic carbocycles. The number of hydrogen-bond donors (Lipinski definition) is 3. The molecule has 2 amide bonds. The molecule has 0 saturated carbocycles. The van der Waals surface area contributed by atoms with Crippen LogP contribution in [-0.2, 0) is 9.59 Å². The first-order valence-corrected chi connectivity index (χ1v) is 6.38. The van der Waals surface area contributed by atoms with Crippen molar-refractivity contribution in [1.29, 1.82) is 0 Å². The predicted octanol–water partition coefficient (Wildman–Crippen LogP) is 1.05. The maximum atomic E-state index is 11.8. The maximum Gasteiger partial charge on any atom is 0.326 e. The molecule has 1 aromatic carbocycles. The van der Waals surface area contributed by atoms with E-state index in [0.29, 0.717) is 0 Å². The largest absolute Gasteiger partial charge is 0.480 e. The van der Waals surface area contributed by atoms with Gasteiger partial charge in [-0.05, 0) is 18.6 Å². The number of amides is 2. The van der Waals surface area contributed by atoms with Gasteiger partial charge in [-0.25, -0.2) is 4.79 Å². The molecule has 1 rings (SSSR count). The maximum absolute atomic E-state index is 11.8. The fourth-order valence-electron chi connectivity index (χ4n) is 1.48. The van der Waals surface area contributed by atoms with Gasteiger partial charge in [0, 0.05) is 0 Å². The Labute approximate surface area is 121 Å². The number of rotatable bonds is 6. The Hall–Kier alpha value is -2.08. The molecular formula is C13H15ClN2O4. The van der Waals surface area contributed by atoms with Crippen molar-refractivity contribution in [3.63, 3.8) is 0 Å². The Morgan fingerprint density at radius 2 is 1.95 bits per heavy atom. The molecule has 0 aliphatic heterocycles. The van der Waals surface area contributed by atoms with Crippen LogP contribution in [-0.4, -0.2) is 35.5 Å². The second-order valence-corrected chi connectivity index (χ2v) is 4.44. The van der Waals surface area contributed by atoms with Crippen molar-refractivity contribution < 1.29 is 19.5 Å².